The maximum absolute atomic E-state index is 12.9. The summed E-state index contributed by atoms with van der Waals surface area (Å²) < 4.78 is 44.0. The minimum absolute atomic E-state index is 0.0730. The summed E-state index contributed by atoms with van der Waals surface area (Å²) in [5.74, 6) is -0.150. The number of hydrogen-bond acceptors (Lipinski definition) is 3. The molecule has 0 spiro atoms. The monoisotopic (exact) mass is 441 g/mol. The SMILES string of the molecule is O=C(Nc1ccc(Cl)c(Cl)c1)Nc1cccnc1Oc1cccc(C(F)(F)F)c1. The van der Waals surface area contributed by atoms with Gasteiger partial charge in [-0.2, -0.15) is 13.2 Å². The Morgan fingerprint density at radius 1 is 0.966 bits per heavy atom. The summed E-state index contributed by atoms with van der Waals surface area (Å²) in [4.78, 5) is 16.2. The zero-order valence-corrected chi connectivity index (χ0v) is 15.9. The highest BCUT2D eigenvalue weighted by Crippen LogP contribution is 2.34. The summed E-state index contributed by atoms with van der Waals surface area (Å²) in [6.07, 6.45) is -3.13. The molecule has 0 saturated carbocycles. The number of nitrogens with one attached hydrogen (secondary N) is 2. The second-order valence-corrected chi connectivity index (χ2v) is 6.51. The molecule has 0 bridgehead atoms. The molecule has 0 aliphatic carbocycles. The van der Waals surface area contributed by atoms with Gasteiger partial charge >= 0.3 is 12.2 Å². The number of halogens is 5. The Morgan fingerprint density at radius 3 is 2.48 bits per heavy atom. The first-order valence-corrected chi connectivity index (χ1v) is 8.81. The Balaban J connectivity index is 1.75. The molecule has 5 nitrogen and oxygen atoms in total. The largest absolute Gasteiger partial charge is 0.437 e. The second kappa shape index (κ2) is 8.59. The number of benzene rings is 2. The van der Waals surface area contributed by atoms with Gasteiger partial charge in [0.05, 0.1) is 15.6 Å². The lowest BCUT2D eigenvalue weighted by molar-refractivity contribution is -0.137. The summed E-state index contributed by atoms with van der Waals surface area (Å²) in [6.45, 7) is 0. The molecule has 2 N–H and O–H groups in total. The normalized spacial score (nSPS) is 11.1. The highest BCUT2D eigenvalue weighted by atomic mass is 35.5. The topological polar surface area (TPSA) is 63.2 Å². The van der Waals surface area contributed by atoms with Gasteiger partial charge in [-0.15, -0.1) is 0 Å². The molecule has 0 unspecified atom stereocenters. The van der Waals surface area contributed by atoms with Gasteiger partial charge in [-0.3, -0.25) is 0 Å². The molecular formula is C19H12Cl2F3N3O2. The summed E-state index contributed by atoms with van der Waals surface area (Å²) in [5, 5.41) is 5.67. The predicted octanol–water partition coefficient (Wildman–Crippen LogP) is 6.84. The second-order valence-electron chi connectivity index (χ2n) is 5.69. The fourth-order valence-corrected chi connectivity index (χ4v) is 2.57. The number of carbonyl (C=O) groups is 1. The Kier molecular flexibility index (Phi) is 6.14. The van der Waals surface area contributed by atoms with Crippen molar-refractivity contribution < 1.29 is 22.7 Å². The lowest BCUT2D eigenvalue weighted by Gasteiger charge is -2.13. The third-order valence-corrected chi connectivity index (χ3v) is 4.31. The van der Waals surface area contributed by atoms with Crippen molar-refractivity contribution in [1.29, 1.82) is 0 Å². The Hall–Kier alpha value is -2.97. The predicted molar refractivity (Wildman–Crippen MR) is 105 cm³/mol. The van der Waals surface area contributed by atoms with Crippen LogP contribution in [0.3, 0.4) is 0 Å². The maximum Gasteiger partial charge on any atom is 0.416 e. The third kappa shape index (κ3) is 5.52. The Labute approximate surface area is 173 Å². The number of nitrogens with zero attached hydrogens (tertiary/aromatic N) is 1. The van der Waals surface area contributed by atoms with Crippen molar-refractivity contribution in [3.05, 3.63) is 76.4 Å². The molecule has 1 heterocycles. The standard InChI is InChI=1S/C19H12Cl2F3N3O2/c20-14-7-6-12(10-15(14)21)26-18(28)27-16-5-2-8-25-17(16)29-13-4-1-3-11(9-13)19(22,23)24/h1-10H,(H2,26,27,28). The lowest BCUT2D eigenvalue weighted by atomic mass is 10.2. The van der Waals surface area contributed by atoms with Gasteiger partial charge in [-0.25, -0.2) is 9.78 Å². The fourth-order valence-electron chi connectivity index (χ4n) is 2.27. The molecule has 0 aliphatic rings. The van der Waals surface area contributed by atoms with Gasteiger partial charge in [-0.05, 0) is 48.5 Å². The van der Waals surface area contributed by atoms with Crippen LogP contribution in [-0.2, 0) is 6.18 Å². The molecule has 3 aromatic rings. The van der Waals surface area contributed by atoms with E-state index in [1.54, 1.807) is 6.07 Å². The number of carbonyl (C=O) groups excluding carboxylic acids is 1. The number of anilines is 2. The van der Waals surface area contributed by atoms with E-state index < -0.39 is 17.8 Å². The van der Waals surface area contributed by atoms with Crippen LogP contribution >= 0.6 is 23.2 Å². The number of urea groups is 1. The van der Waals surface area contributed by atoms with Gasteiger partial charge in [-0.1, -0.05) is 29.3 Å². The van der Waals surface area contributed by atoms with Crippen LogP contribution in [0, 0.1) is 0 Å². The van der Waals surface area contributed by atoms with E-state index in [-0.39, 0.29) is 22.3 Å². The number of hydrogen-bond donors (Lipinski definition) is 2. The molecule has 0 saturated heterocycles. The van der Waals surface area contributed by atoms with Crippen molar-refractivity contribution >= 4 is 40.6 Å². The molecule has 3 rings (SSSR count). The highest BCUT2D eigenvalue weighted by Gasteiger charge is 2.30. The minimum atomic E-state index is -4.51. The van der Waals surface area contributed by atoms with Gasteiger partial charge in [0.25, 0.3) is 0 Å². The highest BCUT2D eigenvalue weighted by molar-refractivity contribution is 6.42. The molecule has 0 aliphatic heterocycles. The van der Waals surface area contributed by atoms with Gasteiger partial charge in [0.15, 0.2) is 0 Å². The number of rotatable bonds is 4. The van der Waals surface area contributed by atoms with E-state index in [2.05, 4.69) is 15.6 Å². The minimum Gasteiger partial charge on any atom is -0.437 e. The van der Waals surface area contributed by atoms with E-state index >= 15 is 0 Å². The first-order chi connectivity index (χ1) is 13.7. The fraction of sp³-hybridized carbons (Fsp3) is 0.0526. The van der Waals surface area contributed by atoms with Crippen LogP contribution in [-0.4, -0.2) is 11.0 Å². The molecular weight excluding hydrogens is 430 g/mol. The zero-order valence-electron chi connectivity index (χ0n) is 14.4. The summed E-state index contributed by atoms with van der Waals surface area (Å²) in [7, 11) is 0. The van der Waals surface area contributed by atoms with Crippen molar-refractivity contribution in [2.24, 2.45) is 0 Å². The molecule has 29 heavy (non-hydrogen) atoms. The van der Waals surface area contributed by atoms with Gasteiger partial charge in [0, 0.05) is 11.9 Å². The van der Waals surface area contributed by atoms with Crippen LogP contribution in [0.2, 0.25) is 10.0 Å². The van der Waals surface area contributed by atoms with E-state index in [0.717, 1.165) is 12.1 Å². The average molecular weight is 442 g/mol. The van der Waals surface area contributed by atoms with E-state index in [4.69, 9.17) is 27.9 Å². The summed E-state index contributed by atoms with van der Waals surface area (Å²) in [6, 6.07) is 11.3. The van der Waals surface area contributed by atoms with Crippen LogP contribution in [0.15, 0.2) is 60.8 Å². The van der Waals surface area contributed by atoms with Crippen molar-refractivity contribution in [2.45, 2.75) is 6.18 Å². The Morgan fingerprint density at radius 2 is 1.76 bits per heavy atom. The quantitative estimate of drug-likeness (QED) is 0.465. The first-order valence-electron chi connectivity index (χ1n) is 8.05. The maximum atomic E-state index is 12.9. The molecule has 1 aromatic heterocycles. The van der Waals surface area contributed by atoms with Crippen LogP contribution in [0.4, 0.5) is 29.3 Å². The van der Waals surface area contributed by atoms with Crippen LogP contribution < -0.4 is 15.4 Å². The first kappa shape index (κ1) is 20.8. The van der Waals surface area contributed by atoms with Crippen molar-refractivity contribution in [3.8, 4) is 11.6 Å². The van der Waals surface area contributed by atoms with Gasteiger partial charge < -0.3 is 15.4 Å². The smallest absolute Gasteiger partial charge is 0.416 e. The van der Waals surface area contributed by atoms with E-state index in [0.29, 0.717) is 10.7 Å². The van der Waals surface area contributed by atoms with Crippen molar-refractivity contribution in [1.82, 2.24) is 4.98 Å². The van der Waals surface area contributed by atoms with Crippen molar-refractivity contribution in [3.63, 3.8) is 0 Å². The molecule has 0 fully saturated rings. The number of pyridine rings is 1. The van der Waals surface area contributed by atoms with Gasteiger partial charge in [0.1, 0.15) is 11.4 Å². The van der Waals surface area contributed by atoms with Gasteiger partial charge in [0.2, 0.25) is 5.88 Å². The average Bonchev–Trinajstić information content (AvgIpc) is 2.66. The molecule has 0 radical (unpaired) electrons. The molecule has 0 atom stereocenters. The van der Waals surface area contributed by atoms with Crippen LogP contribution in [0.25, 0.3) is 0 Å². The summed E-state index contributed by atoms with van der Waals surface area (Å²) >= 11 is 11.7. The van der Waals surface area contributed by atoms with Crippen LogP contribution in [0.1, 0.15) is 5.56 Å². The van der Waals surface area contributed by atoms with E-state index in [9.17, 15) is 18.0 Å². The third-order valence-electron chi connectivity index (χ3n) is 3.57. The molecule has 2 aromatic carbocycles. The zero-order chi connectivity index (χ0) is 21.0. The molecule has 2 amide bonds. The number of alkyl halides is 3. The van der Waals surface area contributed by atoms with E-state index in [1.165, 1.54) is 42.6 Å². The summed E-state index contributed by atoms with van der Waals surface area (Å²) in [5.41, 5.74) is -0.318. The molecule has 150 valence electrons. The van der Waals surface area contributed by atoms with Crippen molar-refractivity contribution in [2.75, 3.05) is 10.6 Å². The van der Waals surface area contributed by atoms with Crippen LogP contribution in [0.5, 0.6) is 11.6 Å². The lowest BCUT2D eigenvalue weighted by Crippen LogP contribution is -2.20. The number of ether oxygens (including phenoxy) is 1. The number of amides is 2. The van der Waals surface area contributed by atoms with E-state index in [1.807, 2.05) is 0 Å². The Bertz CT molecular complexity index is 1050. The molecule has 10 heteroatoms. The number of aromatic nitrogens is 1.